The Morgan fingerprint density at radius 2 is 1.64 bits per heavy atom. The molecule has 116 valence electrons. The van der Waals surface area contributed by atoms with Crippen molar-refractivity contribution in [2.75, 3.05) is 11.9 Å². The van der Waals surface area contributed by atoms with Crippen molar-refractivity contribution in [2.45, 2.75) is 6.42 Å². The molecular weight excluding hydrogens is 327 g/mol. The molecule has 0 atom stereocenters. The van der Waals surface area contributed by atoms with Crippen LogP contribution in [0, 0.1) is 0 Å². The standard InChI is InChI=1S/C15H14Cl2N2O3/c16-12-7-10(8-13(17)14(12)21)19-15(22)18-6-5-9-1-3-11(20)4-2-9/h1-4,7-8,20-21H,5-6H2,(H2,18,19,22). The lowest BCUT2D eigenvalue weighted by molar-refractivity contribution is 0.252. The highest BCUT2D eigenvalue weighted by atomic mass is 35.5. The van der Waals surface area contributed by atoms with Crippen LogP contribution in [-0.4, -0.2) is 22.8 Å². The van der Waals surface area contributed by atoms with Gasteiger partial charge in [0.05, 0.1) is 10.0 Å². The Balaban J connectivity index is 1.84. The summed E-state index contributed by atoms with van der Waals surface area (Å²) in [7, 11) is 0. The van der Waals surface area contributed by atoms with Crippen LogP contribution < -0.4 is 10.6 Å². The number of phenols is 2. The van der Waals surface area contributed by atoms with E-state index < -0.39 is 6.03 Å². The quantitative estimate of drug-likeness (QED) is 0.639. The van der Waals surface area contributed by atoms with Gasteiger partial charge in [0.1, 0.15) is 5.75 Å². The Labute approximate surface area is 137 Å². The van der Waals surface area contributed by atoms with E-state index in [4.69, 9.17) is 23.2 Å². The van der Waals surface area contributed by atoms with Gasteiger partial charge in [0.2, 0.25) is 0 Å². The Hall–Kier alpha value is -2.11. The molecule has 0 spiro atoms. The molecule has 5 nitrogen and oxygen atoms in total. The minimum absolute atomic E-state index is 0.0619. The maximum atomic E-state index is 11.8. The Kier molecular flexibility index (Phi) is 5.35. The van der Waals surface area contributed by atoms with Crippen LogP contribution in [0.15, 0.2) is 36.4 Å². The van der Waals surface area contributed by atoms with E-state index in [1.54, 1.807) is 24.3 Å². The normalized spacial score (nSPS) is 10.3. The second-order valence-electron chi connectivity index (χ2n) is 4.59. The minimum atomic E-state index is -0.406. The number of urea groups is 1. The lowest BCUT2D eigenvalue weighted by Crippen LogP contribution is -2.30. The molecule has 0 saturated carbocycles. The first-order valence-electron chi connectivity index (χ1n) is 6.46. The highest BCUT2D eigenvalue weighted by Crippen LogP contribution is 2.34. The molecular formula is C15H14Cl2N2O3. The maximum absolute atomic E-state index is 11.8. The van der Waals surface area contributed by atoms with Gasteiger partial charge < -0.3 is 20.8 Å². The zero-order valence-corrected chi connectivity index (χ0v) is 12.9. The van der Waals surface area contributed by atoms with Crippen molar-refractivity contribution in [3.05, 3.63) is 52.0 Å². The molecule has 2 rings (SSSR count). The van der Waals surface area contributed by atoms with Gasteiger partial charge in [-0.05, 0) is 36.2 Å². The number of amides is 2. The largest absolute Gasteiger partial charge is 0.508 e. The molecule has 0 radical (unpaired) electrons. The summed E-state index contributed by atoms with van der Waals surface area (Å²) < 4.78 is 0. The van der Waals surface area contributed by atoms with Crippen molar-refractivity contribution in [3.63, 3.8) is 0 Å². The zero-order valence-electron chi connectivity index (χ0n) is 11.4. The third-order valence-corrected chi connectivity index (χ3v) is 3.49. The van der Waals surface area contributed by atoms with Crippen LogP contribution in [0.5, 0.6) is 11.5 Å². The molecule has 0 bridgehead atoms. The molecule has 2 aromatic rings. The number of phenolic OH excluding ortho intramolecular Hbond substituents is 2. The fraction of sp³-hybridized carbons (Fsp3) is 0.133. The molecule has 0 heterocycles. The average Bonchev–Trinajstić information content (AvgIpc) is 2.47. The number of hydrogen-bond donors (Lipinski definition) is 4. The molecule has 0 fully saturated rings. The van der Waals surface area contributed by atoms with Gasteiger partial charge in [-0.1, -0.05) is 35.3 Å². The van der Waals surface area contributed by atoms with Crippen LogP contribution >= 0.6 is 23.2 Å². The van der Waals surface area contributed by atoms with Gasteiger partial charge in [-0.15, -0.1) is 0 Å². The SMILES string of the molecule is O=C(NCCc1ccc(O)cc1)Nc1cc(Cl)c(O)c(Cl)c1. The van der Waals surface area contributed by atoms with Gasteiger partial charge in [-0.2, -0.15) is 0 Å². The molecule has 0 aromatic heterocycles. The van der Waals surface area contributed by atoms with Gasteiger partial charge in [0, 0.05) is 12.2 Å². The van der Waals surface area contributed by atoms with Crippen molar-refractivity contribution in [3.8, 4) is 11.5 Å². The van der Waals surface area contributed by atoms with Crippen molar-refractivity contribution < 1.29 is 15.0 Å². The second kappa shape index (κ2) is 7.24. The number of nitrogens with one attached hydrogen (secondary N) is 2. The topological polar surface area (TPSA) is 81.6 Å². The minimum Gasteiger partial charge on any atom is -0.508 e. The van der Waals surface area contributed by atoms with E-state index in [1.165, 1.54) is 12.1 Å². The predicted molar refractivity (Wildman–Crippen MR) is 87.0 cm³/mol. The van der Waals surface area contributed by atoms with E-state index in [1.807, 2.05) is 0 Å². The van der Waals surface area contributed by atoms with Crippen molar-refractivity contribution in [1.29, 1.82) is 0 Å². The number of hydrogen-bond acceptors (Lipinski definition) is 3. The molecule has 0 aliphatic carbocycles. The van der Waals surface area contributed by atoms with E-state index in [9.17, 15) is 15.0 Å². The molecule has 0 aliphatic heterocycles. The first-order chi connectivity index (χ1) is 10.5. The van der Waals surface area contributed by atoms with Crippen molar-refractivity contribution in [2.24, 2.45) is 0 Å². The van der Waals surface area contributed by atoms with Crippen molar-refractivity contribution >= 4 is 34.9 Å². The van der Waals surface area contributed by atoms with Gasteiger partial charge >= 0.3 is 6.03 Å². The van der Waals surface area contributed by atoms with Crippen LogP contribution in [0.2, 0.25) is 10.0 Å². The summed E-state index contributed by atoms with van der Waals surface area (Å²) in [5.41, 5.74) is 1.38. The smallest absolute Gasteiger partial charge is 0.319 e. The first kappa shape index (κ1) is 16.3. The maximum Gasteiger partial charge on any atom is 0.319 e. The highest BCUT2D eigenvalue weighted by Gasteiger charge is 2.08. The summed E-state index contributed by atoms with van der Waals surface area (Å²) in [5.74, 6) is -0.0165. The van der Waals surface area contributed by atoms with Crippen LogP contribution in [0.4, 0.5) is 10.5 Å². The predicted octanol–water partition coefficient (Wildman–Crippen LogP) is 3.77. The summed E-state index contributed by atoms with van der Waals surface area (Å²) in [4.78, 5) is 11.8. The van der Waals surface area contributed by atoms with Gasteiger partial charge in [0.15, 0.2) is 5.75 Å². The second-order valence-corrected chi connectivity index (χ2v) is 5.40. The lowest BCUT2D eigenvalue weighted by Gasteiger charge is -2.09. The monoisotopic (exact) mass is 340 g/mol. The average molecular weight is 341 g/mol. The summed E-state index contributed by atoms with van der Waals surface area (Å²) >= 11 is 11.5. The lowest BCUT2D eigenvalue weighted by atomic mass is 10.1. The van der Waals surface area contributed by atoms with Crippen LogP contribution in [0.3, 0.4) is 0 Å². The van der Waals surface area contributed by atoms with E-state index in [2.05, 4.69) is 10.6 Å². The van der Waals surface area contributed by atoms with Gasteiger partial charge in [0.25, 0.3) is 0 Å². The number of halogens is 2. The Morgan fingerprint density at radius 3 is 2.23 bits per heavy atom. The van der Waals surface area contributed by atoms with E-state index >= 15 is 0 Å². The molecule has 0 aliphatic rings. The number of aromatic hydroxyl groups is 2. The first-order valence-corrected chi connectivity index (χ1v) is 7.22. The third-order valence-electron chi connectivity index (χ3n) is 2.91. The highest BCUT2D eigenvalue weighted by molar-refractivity contribution is 6.37. The molecule has 22 heavy (non-hydrogen) atoms. The molecule has 0 unspecified atom stereocenters. The fourth-order valence-corrected chi connectivity index (χ4v) is 2.28. The Morgan fingerprint density at radius 1 is 1.05 bits per heavy atom. The summed E-state index contributed by atoms with van der Waals surface area (Å²) in [6, 6.07) is 9.16. The summed E-state index contributed by atoms with van der Waals surface area (Å²) in [6.07, 6.45) is 0.630. The molecule has 4 N–H and O–H groups in total. The van der Waals surface area contributed by atoms with Crippen LogP contribution in [-0.2, 0) is 6.42 Å². The number of anilines is 1. The number of carbonyl (C=O) groups is 1. The summed E-state index contributed by atoms with van der Waals surface area (Å²) in [5, 5.41) is 24.0. The van der Waals surface area contributed by atoms with Gasteiger partial charge in [-0.25, -0.2) is 4.79 Å². The third kappa shape index (κ3) is 4.44. The zero-order chi connectivity index (χ0) is 16.1. The van der Waals surface area contributed by atoms with Crippen molar-refractivity contribution in [1.82, 2.24) is 5.32 Å². The fourth-order valence-electron chi connectivity index (χ4n) is 1.80. The number of rotatable bonds is 4. The number of benzene rings is 2. The van der Waals surface area contributed by atoms with Crippen LogP contribution in [0.1, 0.15) is 5.56 Å². The van der Waals surface area contributed by atoms with E-state index in [0.717, 1.165) is 5.56 Å². The number of carbonyl (C=O) groups excluding carboxylic acids is 1. The molecule has 7 heteroatoms. The summed E-state index contributed by atoms with van der Waals surface area (Å²) in [6.45, 7) is 0.427. The van der Waals surface area contributed by atoms with E-state index in [0.29, 0.717) is 18.7 Å². The molecule has 2 amide bonds. The molecule has 2 aromatic carbocycles. The van der Waals surface area contributed by atoms with Crippen LogP contribution in [0.25, 0.3) is 0 Å². The Bertz CT molecular complexity index is 652. The van der Waals surface area contributed by atoms with E-state index in [-0.39, 0.29) is 21.5 Å². The molecule has 0 saturated heterocycles. The van der Waals surface area contributed by atoms with Gasteiger partial charge in [-0.3, -0.25) is 0 Å².